The molecule has 0 fully saturated rings. The number of hydrogen-bond donors (Lipinski definition) is 2. The molecule has 1 aromatic carbocycles. The third-order valence-corrected chi connectivity index (χ3v) is 4.87. The van der Waals surface area contributed by atoms with Crippen LogP contribution in [0.3, 0.4) is 0 Å². The fraction of sp³-hybridized carbons (Fsp3) is 0.0556. The Labute approximate surface area is 168 Å². The highest BCUT2D eigenvalue weighted by molar-refractivity contribution is 7.80. The van der Waals surface area contributed by atoms with E-state index in [4.69, 9.17) is 16.6 Å². The largest absolute Gasteiger partial charge is 0.465 e. The van der Waals surface area contributed by atoms with Gasteiger partial charge >= 0.3 is 0 Å². The molecule has 3 aromatic heterocycles. The Kier molecular flexibility index (Phi) is 4.96. The second kappa shape index (κ2) is 7.71. The minimum absolute atomic E-state index is 0.205. The lowest BCUT2D eigenvalue weighted by atomic mass is 10.2. The van der Waals surface area contributed by atoms with E-state index in [1.807, 2.05) is 31.2 Å². The van der Waals surface area contributed by atoms with Crippen LogP contribution in [-0.2, 0) is 4.79 Å². The summed E-state index contributed by atoms with van der Waals surface area (Å²) < 4.78 is 6.84. The van der Waals surface area contributed by atoms with Gasteiger partial charge in [-0.1, -0.05) is 11.3 Å². The number of carbonyl (C=O) groups is 1. The first-order chi connectivity index (χ1) is 13.6. The number of furan rings is 1. The van der Waals surface area contributed by atoms with Gasteiger partial charge in [-0.3, -0.25) is 10.1 Å². The SMILES string of the molecule is Cc1nnc2sc(-c3ccc(NC(=S)NC(=O)C=Cc4ccco4)cc3)nn12. The molecule has 0 spiro atoms. The number of carbonyl (C=O) groups excluding carboxylic acids is 1. The standard InChI is InChI=1S/C18H14N6O2S2/c1-11-21-22-18-24(11)23-16(28-18)12-4-6-13(7-5-12)19-17(27)20-15(25)9-8-14-3-2-10-26-14/h2-10H,1H3,(H2,19,20,25,27). The number of hydrogen-bond acceptors (Lipinski definition) is 7. The molecule has 4 aromatic rings. The number of amides is 1. The zero-order chi connectivity index (χ0) is 19.5. The van der Waals surface area contributed by atoms with E-state index in [0.29, 0.717) is 5.76 Å². The Morgan fingerprint density at radius 3 is 2.79 bits per heavy atom. The average molecular weight is 410 g/mol. The molecular weight excluding hydrogens is 396 g/mol. The fourth-order valence-electron chi connectivity index (χ4n) is 2.39. The van der Waals surface area contributed by atoms with Gasteiger partial charge in [0.2, 0.25) is 10.9 Å². The van der Waals surface area contributed by atoms with E-state index >= 15 is 0 Å². The van der Waals surface area contributed by atoms with E-state index in [1.54, 1.807) is 22.7 Å². The zero-order valence-corrected chi connectivity index (χ0v) is 16.3. The Balaban J connectivity index is 1.37. The van der Waals surface area contributed by atoms with Gasteiger partial charge < -0.3 is 9.73 Å². The first kappa shape index (κ1) is 18.0. The lowest BCUT2D eigenvalue weighted by Gasteiger charge is -2.08. The van der Waals surface area contributed by atoms with Crippen LogP contribution >= 0.6 is 23.6 Å². The number of aryl methyl sites for hydroxylation is 1. The lowest BCUT2D eigenvalue weighted by Crippen LogP contribution is -2.32. The summed E-state index contributed by atoms with van der Waals surface area (Å²) >= 11 is 6.63. The van der Waals surface area contributed by atoms with E-state index in [1.165, 1.54) is 23.7 Å². The molecule has 0 atom stereocenters. The number of benzene rings is 1. The molecule has 3 heterocycles. The van der Waals surface area contributed by atoms with Gasteiger partial charge in [0, 0.05) is 17.3 Å². The van der Waals surface area contributed by atoms with Crippen molar-refractivity contribution in [2.24, 2.45) is 0 Å². The third kappa shape index (κ3) is 3.97. The molecule has 0 bridgehead atoms. The lowest BCUT2D eigenvalue weighted by molar-refractivity contribution is -0.115. The summed E-state index contributed by atoms with van der Waals surface area (Å²) in [5.41, 5.74) is 1.71. The molecule has 0 aliphatic carbocycles. The van der Waals surface area contributed by atoms with Crippen LogP contribution in [0.2, 0.25) is 0 Å². The molecule has 0 saturated heterocycles. The Bertz CT molecular complexity index is 1160. The second-order valence-electron chi connectivity index (χ2n) is 5.72. The van der Waals surface area contributed by atoms with Crippen LogP contribution in [0.5, 0.6) is 0 Å². The van der Waals surface area contributed by atoms with Crippen LogP contribution in [-0.4, -0.2) is 30.8 Å². The Morgan fingerprint density at radius 2 is 2.07 bits per heavy atom. The van der Waals surface area contributed by atoms with Crippen LogP contribution in [0, 0.1) is 6.92 Å². The van der Waals surface area contributed by atoms with Crippen molar-refractivity contribution in [2.75, 3.05) is 5.32 Å². The maximum atomic E-state index is 11.9. The molecule has 0 aliphatic rings. The highest BCUT2D eigenvalue weighted by Crippen LogP contribution is 2.26. The molecule has 0 radical (unpaired) electrons. The molecule has 0 unspecified atom stereocenters. The number of aromatic nitrogens is 4. The second-order valence-corrected chi connectivity index (χ2v) is 7.08. The van der Waals surface area contributed by atoms with Gasteiger partial charge in [-0.05, 0) is 61.6 Å². The topological polar surface area (TPSA) is 97.3 Å². The van der Waals surface area contributed by atoms with Crippen molar-refractivity contribution in [3.05, 3.63) is 60.3 Å². The van der Waals surface area contributed by atoms with Crippen LogP contribution in [0.4, 0.5) is 5.69 Å². The molecule has 0 saturated carbocycles. The van der Waals surface area contributed by atoms with Crippen LogP contribution in [0.25, 0.3) is 21.6 Å². The summed E-state index contributed by atoms with van der Waals surface area (Å²) in [4.78, 5) is 12.6. The summed E-state index contributed by atoms with van der Waals surface area (Å²) in [5.74, 6) is 0.990. The number of nitrogens with one attached hydrogen (secondary N) is 2. The van der Waals surface area contributed by atoms with Gasteiger partial charge in [0.25, 0.3) is 0 Å². The fourth-order valence-corrected chi connectivity index (χ4v) is 3.50. The van der Waals surface area contributed by atoms with Crippen molar-refractivity contribution in [2.45, 2.75) is 6.92 Å². The highest BCUT2D eigenvalue weighted by atomic mass is 32.1. The number of thiocarbonyl (C=S) groups is 1. The van der Waals surface area contributed by atoms with Crippen molar-refractivity contribution in [1.82, 2.24) is 25.1 Å². The number of fused-ring (bicyclic) bond motifs is 1. The number of rotatable bonds is 4. The van der Waals surface area contributed by atoms with Gasteiger partial charge in [0.05, 0.1) is 6.26 Å². The quantitative estimate of drug-likeness (QED) is 0.394. The molecule has 10 heteroatoms. The molecular formula is C18H14N6O2S2. The minimum atomic E-state index is -0.347. The maximum Gasteiger partial charge on any atom is 0.250 e. The molecule has 2 N–H and O–H groups in total. The van der Waals surface area contributed by atoms with Crippen molar-refractivity contribution >= 4 is 51.3 Å². The summed E-state index contributed by atoms with van der Waals surface area (Å²) in [7, 11) is 0. The average Bonchev–Trinajstić information content (AvgIpc) is 3.40. The third-order valence-electron chi connectivity index (χ3n) is 3.72. The van der Waals surface area contributed by atoms with Crippen LogP contribution in [0.15, 0.2) is 53.2 Å². The Hall–Kier alpha value is -3.37. The molecule has 4 rings (SSSR count). The van der Waals surface area contributed by atoms with Crippen molar-refractivity contribution in [3.8, 4) is 10.6 Å². The van der Waals surface area contributed by atoms with E-state index in [9.17, 15) is 4.79 Å². The van der Waals surface area contributed by atoms with Gasteiger partial charge in [-0.2, -0.15) is 9.61 Å². The Morgan fingerprint density at radius 1 is 1.25 bits per heavy atom. The monoisotopic (exact) mass is 410 g/mol. The van der Waals surface area contributed by atoms with Crippen LogP contribution < -0.4 is 10.6 Å². The molecule has 8 nitrogen and oxygen atoms in total. The molecule has 1 amide bonds. The summed E-state index contributed by atoms with van der Waals surface area (Å²) in [6, 6.07) is 11.1. The van der Waals surface area contributed by atoms with Gasteiger partial charge in [0.15, 0.2) is 10.9 Å². The zero-order valence-electron chi connectivity index (χ0n) is 14.6. The van der Waals surface area contributed by atoms with Gasteiger partial charge in [0.1, 0.15) is 10.8 Å². The van der Waals surface area contributed by atoms with Crippen molar-refractivity contribution in [3.63, 3.8) is 0 Å². The predicted octanol–water partition coefficient (Wildman–Crippen LogP) is 3.28. The summed E-state index contributed by atoms with van der Waals surface area (Å²) in [6.45, 7) is 1.86. The van der Waals surface area contributed by atoms with E-state index in [-0.39, 0.29) is 11.0 Å². The van der Waals surface area contributed by atoms with Gasteiger partial charge in [-0.25, -0.2) is 0 Å². The van der Waals surface area contributed by atoms with E-state index in [2.05, 4.69) is 25.9 Å². The summed E-state index contributed by atoms with van der Waals surface area (Å²) in [5, 5.41) is 19.2. The van der Waals surface area contributed by atoms with Crippen molar-refractivity contribution < 1.29 is 9.21 Å². The molecule has 140 valence electrons. The number of anilines is 1. The normalized spacial score (nSPS) is 11.2. The number of nitrogens with zero attached hydrogens (tertiary/aromatic N) is 4. The maximum absolute atomic E-state index is 11.9. The van der Waals surface area contributed by atoms with E-state index in [0.717, 1.165) is 27.0 Å². The first-order valence-electron chi connectivity index (χ1n) is 8.21. The van der Waals surface area contributed by atoms with E-state index < -0.39 is 0 Å². The first-order valence-corrected chi connectivity index (χ1v) is 9.44. The smallest absolute Gasteiger partial charge is 0.250 e. The van der Waals surface area contributed by atoms with Crippen molar-refractivity contribution in [1.29, 1.82) is 0 Å². The minimum Gasteiger partial charge on any atom is -0.465 e. The predicted molar refractivity (Wildman–Crippen MR) is 111 cm³/mol. The van der Waals surface area contributed by atoms with Crippen LogP contribution in [0.1, 0.15) is 11.6 Å². The highest BCUT2D eigenvalue weighted by Gasteiger charge is 2.10. The molecule has 0 aliphatic heterocycles. The van der Waals surface area contributed by atoms with Gasteiger partial charge in [-0.15, -0.1) is 10.2 Å². The summed E-state index contributed by atoms with van der Waals surface area (Å²) in [6.07, 6.45) is 4.45. The molecule has 28 heavy (non-hydrogen) atoms.